The molecular weight excluding hydrogens is 282 g/mol. The summed E-state index contributed by atoms with van der Waals surface area (Å²) < 4.78 is 24.6. The van der Waals surface area contributed by atoms with E-state index >= 15 is 0 Å². The fourth-order valence-electron chi connectivity index (χ4n) is 1.75. The summed E-state index contributed by atoms with van der Waals surface area (Å²) in [7, 11) is -3.42. The number of nitrogen functional groups attached to an aromatic ring is 1. The zero-order chi connectivity index (χ0) is 14.0. The Morgan fingerprint density at radius 3 is 2.47 bits per heavy atom. The van der Waals surface area contributed by atoms with Crippen molar-refractivity contribution in [3.8, 4) is 0 Å². The summed E-state index contributed by atoms with van der Waals surface area (Å²) in [4.78, 5) is 0.263. The summed E-state index contributed by atoms with van der Waals surface area (Å²) in [5.74, 6) is -0.115. The van der Waals surface area contributed by atoms with Crippen LogP contribution >= 0.6 is 11.6 Å². The van der Waals surface area contributed by atoms with Crippen LogP contribution in [-0.4, -0.2) is 8.42 Å². The van der Waals surface area contributed by atoms with Crippen LogP contribution in [0.3, 0.4) is 0 Å². The van der Waals surface area contributed by atoms with Crippen LogP contribution < -0.4 is 5.73 Å². The van der Waals surface area contributed by atoms with Gasteiger partial charge < -0.3 is 5.73 Å². The average molecular weight is 296 g/mol. The standard InChI is InChI=1S/C14H14ClNO2S/c1-10-8-12(6-7-14(10)16)19(17,18)9-11-4-2-3-5-13(11)15/h2-8H,9,16H2,1H3. The van der Waals surface area contributed by atoms with Gasteiger partial charge >= 0.3 is 0 Å². The molecule has 5 heteroatoms. The number of sulfone groups is 1. The zero-order valence-electron chi connectivity index (χ0n) is 10.4. The molecule has 2 N–H and O–H groups in total. The van der Waals surface area contributed by atoms with Crippen LogP contribution in [0.2, 0.25) is 5.02 Å². The number of anilines is 1. The molecule has 0 radical (unpaired) electrons. The molecule has 100 valence electrons. The van der Waals surface area contributed by atoms with Crippen LogP contribution in [-0.2, 0) is 15.6 Å². The van der Waals surface area contributed by atoms with E-state index in [1.54, 1.807) is 43.3 Å². The maximum Gasteiger partial charge on any atom is 0.182 e. The number of halogens is 1. The summed E-state index contributed by atoms with van der Waals surface area (Å²) in [5, 5.41) is 0.457. The molecule has 0 unspecified atom stereocenters. The lowest BCUT2D eigenvalue weighted by Crippen LogP contribution is -2.06. The van der Waals surface area contributed by atoms with Gasteiger partial charge in [0.25, 0.3) is 0 Å². The zero-order valence-corrected chi connectivity index (χ0v) is 12.0. The monoisotopic (exact) mass is 295 g/mol. The molecular formula is C14H14ClNO2S. The summed E-state index contributed by atoms with van der Waals surface area (Å²) >= 11 is 5.99. The molecule has 0 aromatic heterocycles. The Labute approximate surface area is 117 Å². The lowest BCUT2D eigenvalue weighted by Gasteiger charge is -2.08. The SMILES string of the molecule is Cc1cc(S(=O)(=O)Cc2ccccc2Cl)ccc1N. The predicted molar refractivity (Wildman–Crippen MR) is 77.9 cm³/mol. The first-order chi connectivity index (χ1) is 8.90. The van der Waals surface area contributed by atoms with E-state index in [1.165, 1.54) is 6.07 Å². The number of hydrogen-bond acceptors (Lipinski definition) is 3. The molecule has 0 atom stereocenters. The van der Waals surface area contributed by atoms with Gasteiger partial charge in [0.2, 0.25) is 0 Å². The number of rotatable bonds is 3. The van der Waals surface area contributed by atoms with Crippen molar-refractivity contribution in [3.63, 3.8) is 0 Å². The number of aryl methyl sites for hydroxylation is 1. The van der Waals surface area contributed by atoms with Crippen LogP contribution in [0.4, 0.5) is 5.69 Å². The van der Waals surface area contributed by atoms with Crippen molar-refractivity contribution in [2.24, 2.45) is 0 Å². The molecule has 2 aromatic rings. The van der Waals surface area contributed by atoms with Gasteiger partial charge in [-0.2, -0.15) is 0 Å². The van der Waals surface area contributed by atoms with Gasteiger partial charge in [0.05, 0.1) is 10.6 Å². The third kappa shape index (κ3) is 3.08. The maximum atomic E-state index is 12.3. The summed E-state index contributed by atoms with van der Waals surface area (Å²) in [6, 6.07) is 11.6. The van der Waals surface area contributed by atoms with Crippen molar-refractivity contribution in [2.75, 3.05) is 5.73 Å². The van der Waals surface area contributed by atoms with Crippen molar-refractivity contribution in [2.45, 2.75) is 17.6 Å². The van der Waals surface area contributed by atoms with Gasteiger partial charge in [-0.3, -0.25) is 0 Å². The smallest absolute Gasteiger partial charge is 0.182 e. The molecule has 19 heavy (non-hydrogen) atoms. The minimum absolute atomic E-state index is 0.115. The molecule has 0 aliphatic carbocycles. The van der Waals surface area contributed by atoms with Gasteiger partial charge in [0, 0.05) is 10.7 Å². The second kappa shape index (κ2) is 5.23. The Balaban J connectivity index is 2.38. The van der Waals surface area contributed by atoms with Crippen molar-refractivity contribution in [3.05, 3.63) is 58.6 Å². The maximum absolute atomic E-state index is 12.3. The van der Waals surface area contributed by atoms with E-state index in [0.717, 1.165) is 5.56 Å². The summed E-state index contributed by atoms with van der Waals surface area (Å²) in [5.41, 5.74) is 7.62. The van der Waals surface area contributed by atoms with Gasteiger partial charge in [-0.25, -0.2) is 8.42 Å². The minimum Gasteiger partial charge on any atom is -0.399 e. The molecule has 2 rings (SSSR count). The molecule has 0 saturated carbocycles. The summed E-state index contributed by atoms with van der Waals surface area (Å²) in [6.45, 7) is 1.78. The second-order valence-electron chi connectivity index (χ2n) is 4.37. The van der Waals surface area contributed by atoms with E-state index < -0.39 is 9.84 Å². The average Bonchev–Trinajstić information content (AvgIpc) is 2.35. The van der Waals surface area contributed by atoms with Gasteiger partial charge in [-0.15, -0.1) is 0 Å². The quantitative estimate of drug-likeness (QED) is 0.885. The predicted octanol–water partition coefficient (Wildman–Crippen LogP) is 3.20. The summed E-state index contributed by atoms with van der Waals surface area (Å²) in [6.07, 6.45) is 0. The molecule has 0 amide bonds. The molecule has 0 aliphatic heterocycles. The van der Waals surface area contributed by atoms with Gasteiger partial charge in [0.15, 0.2) is 9.84 Å². The molecule has 0 aliphatic rings. The van der Waals surface area contributed by atoms with E-state index in [2.05, 4.69) is 0 Å². The molecule has 0 spiro atoms. The first-order valence-corrected chi connectivity index (χ1v) is 7.75. The van der Waals surface area contributed by atoms with Crippen molar-refractivity contribution >= 4 is 27.1 Å². The number of hydrogen-bond donors (Lipinski definition) is 1. The minimum atomic E-state index is -3.42. The molecule has 0 fully saturated rings. The first kappa shape index (κ1) is 13.9. The third-order valence-corrected chi connectivity index (χ3v) is 4.94. The van der Waals surface area contributed by atoms with Crippen molar-refractivity contribution in [1.29, 1.82) is 0 Å². The van der Waals surface area contributed by atoms with E-state index in [1.807, 2.05) is 0 Å². The highest BCUT2D eigenvalue weighted by Crippen LogP contribution is 2.24. The Morgan fingerprint density at radius 1 is 1.16 bits per heavy atom. The normalized spacial score (nSPS) is 11.5. The molecule has 0 heterocycles. The molecule has 0 bridgehead atoms. The van der Waals surface area contributed by atoms with Crippen LogP contribution in [0.25, 0.3) is 0 Å². The lowest BCUT2D eigenvalue weighted by molar-refractivity contribution is 0.595. The third-order valence-electron chi connectivity index (χ3n) is 2.90. The van der Waals surface area contributed by atoms with E-state index in [9.17, 15) is 8.42 Å². The highest BCUT2D eigenvalue weighted by molar-refractivity contribution is 7.90. The number of benzene rings is 2. The van der Waals surface area contributed by atoms with E-state index in [0.29, 0.717) is 16.3 Å². The van der Waals surface area contributed by atoms with Crippen LogP contribution in [0.1, 0.15) is 11.1 Å². The Morgan fingerprint density at radius 2 is 1.84 bits per heavy atom. The topological polar surface area (TPSA) is 60.2 Å². The fraction of sp³-hybridized carbons (Fsp3) is 0.143. The van der Waals surface area contributed by atoms with E-state index in [4.69, 9.17) is 17.3 Å². The number of nitrogens with two attached hydrogens (primary N) is 1. The van der Waals surface area contributed by atoms with Crippen LogP contribution in [0, 0.1) is 6.92 Å². The Kier molecular flexibility index (Phi) is 3.83. The fourth-order valence-corrected chi connectivity index (χ4v) is 3.49. The highest BCUT2D eigenvalue weighted by atomic mass is 35.5. The first-order valence-electron chi connectivity index (χ1n) is 5.72. The molecule has 2 aromatic carbocycles. The molecule has 3 nitrogen and oxygen atoms in total. The highest BCUT2D eigenvalue weighted by Gasteiger charge is 2.17. The van der Waals surface area contributed by atoms with Crippen molar-refractivity contribution in [1.82, 2.24) is 0 Å². The largest absolute Gasteiger partial charge is 0.399 e. The van der Waals surface area contributed by atoms with E-state index in [-0.39, 0.29) is 10.6 Å². The lowest BCUT2D eigenvalue weighted by atomic mass is 10.2. The van der Waals surface area contributed by atoms with Gasteiger partial charge in [-0.1, -0.05) is 29.8 Å². The van der Waals surface area contributed by atoms with Crippen LogP contribution in [0.15, 0.2) is 47.4 Å². The van der Waals surface area contributed by atoms with Gasteiger partial charge in [0.1, 0.15) is 0 Å². The van der Waals surface area contributed by atoms with Gasteiger partial charge in [-0.05, 0) is 42.3 Å². The van der Waals surface area contributed by atoms with Crippen LogP contribution in [0.5, 0.6) is 0 Å². The molecule has 0 saturated heterocycles. The Bertz CT molecular complexity index is 711. The van der Waals surface area contributed by atoms with Crippen molar-refractivity contribution < 1.29 is 8.42 Å². The second-order valence-corrected chi connectivity index (χ2v) is 6.77. The Hall–Kier alpha value is -1.52.